The third-order valence-electron chi connectivity index (χ3n) is 6.12. The molecule has 1 aromatic carbocycles. The highest BCUT2D eigenvalue weighted by molar-refractivity contribution is 7.10. The second-order valence-corrected chi connectivity index (χ2v) is 9.58. The van der Waals surface area contributed by atoms with Gasteiger partial charge in [-0.15, -0.1) is 11.3 Å². The molecule has 0 spiro atoms. The Balaban J connectivity index is 1.70. The SMILES string of the molecule is CC[C@@H](O)CN(CC)CC(=O)N1CCc2sccc2[C@@H]1COc1ccc(C(C)C)cc1. The number of likely N-dealkylation sites (N-methyl/N-ethyl adjacent to an activating group) is 1. The second kappa shape index (κ2) is 11.1. The number of amides is 1. The lowest BCUT2D eigenvalue weighted by molar-refractivity contribution is -0.136. The first-order valence-corrected chi connectivity index (χ1v) is 12.3. The van der Waals surface area contributed by atoms with Crippen molar-refractivity contribution in [3.05, 3.63) is 51.7 Å². The first-order chi connectivity index (χ1) is 14.9. The minimum atomic E-state index is -0.398. The summed E-state index contributed by atoms with van der Waals surface area (Å²) in [5.74, 6) is 1.42. The third-order valence-corrected chi connectivity index (χ3v) is 7.11. The van der Waals surface area contributed by atoms with Crippen LogP contribution in [0, 0.1) is 0 Å². The number of hydrogen-bond donors (Lipinski definition) is 1. The number of nitrogens with zero attached hydrogens (tertiary/aromatic N) is 2. The fourth-order valence-corrected chi connectivity index (χ4v) is 4.94. The van der Waals surface area contributed by atoms with E-state index in [0.717, 1.165) is 18.7 Å². The lowest BCUT2D eigenvalue weighted by Crippen LogP contribution is -2.47. The van der Waals surface area contributed by atoms with Gasteiger partial charge in [0, 0.05) is 18.0 Å². The summed E-state index contributed by atoms with van der Waals surface area (Å²) in [6.07, 6.45) is 1.19. The second-order valence-electron chi connectivity index (χ2n) is 8.58. The summed E-state index contributed by atoms with van der Waals surface area (Å²) in [4.78, 5) is 18.6. The van der Waals surface area contributed by atoms with Gasteiger partial charge in [-0.2, -0.15) is 0 Å². The Labute approximate surface area is 190 Å². The number of ether oxygens (including phenoxy) is 1. The van der Waals surface area contributed by atoms with Gasteiger partial charge in [0.15, 0.2) is 0 Å². The van der Waals surface area contributed by atoms with Crippen LogP contribution in [0.4, 0.5) is 0 Å². The predicted molar refractivity (Wildman–Crippen MR) is 127 cm³/mol. The highest BCUT2D eigenvalue weighted by atomic mass is 32.1. The van der Waals surface area contributed by atoms with Gasteiger partial charge in [-0.25, -0.2) is 0 Å². The molecule has 0 unspecified atom stereocenters. The molecule has 3 rings (SSSR count). The monoisotopic (exact) mass is 444 g/mol. The van der Waals surface area contributed by atoms with Crippen LogP contribution in [0.2, 0.25) is 0 Å². The third kappa shape index (κ3) is 6.09. The zero-order valence-electron chi connectivity index (χ0n) is 19.2. The van der Waals surface area contributed by atoms with Crippen LogP contribution in [0.1, 0.15) is 62.1 Å². The van der Waals surface area contributed by atoms with Crippen molar-refractivity contribution >= 4 is 17.2 Å². The molecule has 0 saturated carbocycles. The molecule has 1 aliphatic rings. The van der Waals surface area contributed by atoms with E-state index >= 15 is 0 Å². The number of aliphatic hydroxyl groups is 1. The summed E-state index contributed by atoms with van der Waals surface area (Å²) in [5, 5.41) is 12.1. The summed E-state index contributed by atoms with van der Waals surface area (Å²) >= 11 is 1.76. The summed E-state index contributed by atoms with van der Waals surface area (Å²) in [5.41, 5.74) is 2.50. The molecule has 1 N–H and O–H groups in total. The standard InChI is InChI=1S/C25H36N2O3S/c1-5-20(28)15-26(6-2)16-25(29)27-13-11-24-22(12-14-31-24)23(27)17-30-21-9-7-19(8-10-21)18(3)4/h7-10,12,14,18,20,23,28H,5-6,11,13,15-17H2,1-4H3/t20-,23+/m1/s1. The number of benzene rings is 1. The maximum absolute atomic E-state index is 13.3. The number of carbonyl (C=O) groups excluding carboxylic acids is 1. The van der Waals surface area contributed by atoms with E-state index in [1.165, 1.54) is 16.0 Å². The first-order valence-electron chi connectivity index (χ1n) is 11.4. The average molecular weight is 445 g/mol. The van der Waals surface area contributed by atoms with Crippen LogP contribution in [0.5, 0.6) is 5.75 Å². The van der Waals surface area contributed by atoms with E-state index in [2.05, 4.69) is 37.4 Å². The maximum atomic E-state index is 13.3. The molecule has 170 valence electrons. The minimum Gasteiger partial charge on any atom is -0.491 e. The molecule has 5 nitrogen and oxygen atoms in total. The van der Waals surface area contributed by atoms with E-state index in [0.29, 0.717) is 38.6 Å². The smallest absolute Gasteiger partial charge is 0.237 e. The van der Waals surface area contributed by atoms with Gasteiger partial charge >= 0.3 is 0 Å². The van der Waals surface area contributed by atoms with Crippen LogP contribution in [0.15, 0.2) is 35.7 Å². The summed E-state index contributed by atoms with van der Waals surface area (Å²) in [6, 6.07) is 10.3. The normalized spacial score (nSPS) is 17.1. The fraction of sp³-hybridized carbons (Fsp3) is 0.560. The highest BCUT2D eigenvalue weighted by Crippen LogP contribution is 2.34. The van der Waals surface area contributed by atoms with Crippen molar-refractivity contribution in [1.82, 2.24) is 9.80 Å². The largest absolute Gasteiger partial charge is 0.491 e. The van der Waals surface area contributed by atoms with E-state index in [1.54, 1.807) is 11.3 Å². The van der Waals surface area contributed by atoms with Crippen LogP contribution in [0.25, 0.3) is 0 Å². The molecule has 1 aliphatic heterocycles. The Bertz CT molecular complexity index is 834. The van der Waals surface area contributed by atoms with Crippen molar-refractivity contribution < 1.29 is 14.6 Å². The zero-order valence-corrected chi connectivity index (χ0v) is 20.0. The molecule has 1 aromatic heterocycles. The predicted octanol–water partition coefficient (Wildman–Crippen LogP) is 4.47. The lowest BCUT2D eigenvalue weighted by atomic mass is 10.00. The minimum absolute atomic E-state index is 0.0814. The number of thiophene rings is 1. The van der Waals surface area contributed by atoms with Crippen molar-refractivity contribution in [2.45, 2.75) is 58.6 Å². The van der Waals surface area contributed by atoms with Gasteiger partial charge in [0.2, 0.25) is 5.91 Å². The first kappa shape index (κ1) is 23.8. The number of aliphatic hydroxyl groups excluding tert-OH is 1. The van der Waals surface area contributed by atoms with Gasteiger partial charge in [-0.1, -0.05) is 39.8 Å². The van der Waals surface area contributed by atoms with Gasteiger partial charge in [0.25, 0.3) is 0 Å². The Morgan fingerprint density at radius 1 is 1.26 bits per heavy atom. The molecule has 31 heavy (non-hydrogen) atoms. The molecule has 0 bridgehead atoms. The van der Waals surface area contributed by atoms with E-state index in [4.69, 9.17) is 4.74 Å². The highest BCUT2D eigenvalue weighted by Gasteiger charge is 2.32. The quantitative estimate of drug-likeness (QED) is 0.587. The van der Waals surface area contributed by atoms with Gasteiger partial charge < -0.3 is 14.7 Å². The number of rotatable bonds is 10. The molecule has 0 saturated heterocycles. The molecule has 2 atom stereocenters. The summed E-state index contributed by atoms with van der Waals surface area (Å²) in [6.45, 7) is 11.1. The topological polar surface area (TPSA) is 53.0 Å². The summed E-state index contributed by atoms with van der Waals surface area (Å²) in [7, 11) is 0. The Kier molecular flexibility index (Phi) is 8.52. The van der Waals surface area contributed by atoms with E-state index < -0.39 is 6.10 Å². The van der Waals surface area contributed by atoms with Gasteiger partial charge in [-0.3, -0.25) is 9.69 Å². The summed E-state index contributed by atoms with van der Waals surface area (Å²) < 4.78 is 6.16. The van der Waals surface area contributed by atoms with Crippen molar-refractivity contribution in [2.24, 2.45) is 0 Å². The van der Waals surface area contributed by atoms with Gasteiger partial charge in [0.1, 0.15) is 12.4 Å². The lowest BCUT2D eigenvalue weighted by Gasteiger charge is -2.37. The van der Waals surface area contributed by atoms with Crippen LogP contribution in [-0.4, -0.2) is 59.7 Å². The van der Waals surface area contributed by atoms with E-state index in [1.807, 2.05) is 35.8 Å². The van der Waals surface area contributed by atoms with Crippen molar-refractivity contribution in [2.75, 3.05) is 32.8 Å². The van der Waals surface area contributed by atoms with Crippen LogP contribution >= 0.6 is 11.3 Å². The molecule has 2 heterocycles. The van der Waals surface area contributed by atoms with Crippen LogP contribution in [-0.2, 0) is 11.2 Å². The molecule has 0 aliphatic carbocycles. The van der Waals surface area contributed by atoms with Crippen LogP contribution in [0.3, 0.4) is 0 Å². The number of fused-ring (bicyclic) bond motifs is 1. The fourth-order valence-electron chi connectivity index (χ4n) is 4.01. The zero-order chi connectivity index (χ0) is 22.4. The maximum Gasteiger partial charge on any atom is 0.237 e. The molecular formula is C25H36N2O3S. The van der Waals surface area contributed by atoms with Crippen molar-refractivity contribution in [1.29, 1.82) is 0 Å². The molecule has 0 radical (unpaired) electrons. The Hall–Kier alpha value is -1.89. The van der Waals surface area contributed by atoms with E-state index in [9.17, 15) is 9.90 Å². The molecule has 6 heteroatoms. The number of carbonyl (C=O) groups is 1. The molecule has 0 fully saturated rings. The van der Waals surface area contributed by atoms with Gasteiger partial charge in [0.05, 0.1) is 18.7 Å². The molecule has 2 aromatic rings. The van der Waals surface area contributed by atoms with Crippen molar-refractivity contribution in [3.63, 3.8) is 0 Å². The average Bonchev–Trinajstić information content (AvgIpc) is 3.26. The molecule has 1 amide bonds. The molecular weight excluding hydrogens is 408 g/mol. The van der Waals surface area contributed by atoms with Crippen LogP contribution < -0.4 is 4.74 Å². The van der Waals surface area contributed by atoms with Gasteiger partial charge in [-0.05, 0) is 60.0 Å². The number of hydrogen-bond acceptors (Lipinski definition) is 5. The Morgan fingerprint density at radius 3 is 2.65 bits per heavy atom. The van der Waals surface area contributed by atoms with E-state index in [-0.39, 0.29) is 11.9 Å². The van der Waals surface area contributed by atoms with Crippen molar-refractivity contribution in [3.8, 4) is 5.75 Å². The Morgan fingerprint density at radius 2 is 2.00 bits per heavy atom.